The number of aromatic nitrogens is 2. The van der Waals surface area contributed by atoms with Gasteiger partial charge in [0, 0.05) is 6.07 Å². The summed E-state index contributed by atoms with van der Waals surface area (Å²) < 4.78 is 5.00. The quantitative estimate of drug-likeness (QED) is 0.615. The number of hydrogen-bond donors (Lipinski definition) is 2. The first-order valence-electron chi connectivity index (χ1n) is 4.59. The van der Waals surface area contributed by atoms with Crippen molar-refractivity contribution < 1.29 is 9.53 Å². The zero-order chi connectivity index (χ0) is 12.2. The first-order chi connectivity index (χ1) is 7.37. The molecule has 1 aromatic heterocycles. The highest BCUT2D eigenvalue weighted by atomic mass is 35.5. The van der Waals surface area contributed by atoms with Crippen LogP contribution in [0.15, 0.2) is 12.4 Å². The summed E-state index contributed by atoms with van der Waals surface area (Å²) in [5.41, 5.74) is 4.32. The average molecular weight is 245 g/mol. The van der Waals surface area contributed by atoms with Crippen molar-refractivity contribution in [2.24, 2.45) is 0 Å². The van der Waals surface area contributed by atoms with E-state index < -0.39 is 11.7 Å². The molecule has 7 heteroatoms. The minimum absolute atomic E-state index is 0.281. The summed E-state index contributed by atoms with van der Waals surface area (Å²) in [5, 5.41) is 0.281. The molecule has 0 bridgehead atoms. The molecule has 0 aliphatic rings. The molecule has 0 aliphatic carbocycles. The Labute approximate surface area is 98.3 Å². The first-order valence-corrected chi connectivity index (χ1v) is 4.97. The molecule has 0 aromatic carbocycles. The fourth-order valence-electron chi connectivity index (χ4n) is 0.821. The first kappa shape index (κ1) is 12.5. The van der Waals surface area contributed by atoms with Gasteiger partial charge in [0.05, 0.1) is 0 Å². The minimum atomic E-state index is -0.595. The molecular weight excluding hydrogens is 232 g/mol. The van der Waals surface area contributed by atoms with Gasteiger partial charge in [-0.2, -0.15) is 0 Å². The second kappa shape index (κ2) is 4.98. The standard InChI is InChI=1S/C9H13ClN4O2/c1-9(2,3)16-8(15)14-13-7-4-6(10)11-5-12-7/h4-5H,1-3H3,(H,14,15)(H,11,12,13). The molecule has 16 heavy (non-hydrogen) atoms. The number of carbonyl (C=O) groups is 1. The Morgan fingerprint density at radius 1 is 1.44 bits per heavy atom. The van der Waals surface area contributed by atoms with Gasteiger partial charge in [0.25, 0.3) is 0 Å². The molecule has 0 spiro atoms. The fraction of sp³-hybridized carbons (Fsp3) is 0.444. The van der Waals surface area contributed by atoms with Crippen LogP contribution in [0.2, 0.25) is 5.15 Å². The van der Waals surface area contributed by atoms with Gasteiger partial charge in [-0.3, -0.25) is 5.43 Å². The molecule has 2 N–H and O–H groups in total. The van der Waals surface area contributed by atoms with Crippen LogP contribution in [0.25, 0.3) is 0 Å². The van der Waals surface area contributed by atoms with Crippen LogP contribution in [0.3, 0.4) is 0 Å². The van der Waals surface area contributed by atoms with E-state index in [1.165, 1.54) is 12.4 Å². The van der Waals surface area contributed by atoms with Gasteiger partial charge in [0.1, 0.15) is 22.9 Å². The van der Waals surface area contributed by atoms with Gasteiger partial charge in [-0.15, -0.1) is 0 Å². The van der Waals surface area contributed by atoms with Crippen LogP contribution in [0.4, 0.5) is 10.6 Å². The molecule has 1 heterocycles. The number of nitrogens with zero attached hydrogens (tertiary/aromatic N) is 2. The maximum absolute atomic E-state index is 11.2. The van der Waals surface area contributed by atoms with E-state index >= 15 is 0 Å². The van der Waals surface area contributed by atoms with Crippen LogP contribution in [-0.4, -0.2) is 21.7 Å². The number of nitrogens with one attached hydrogen (secondary N) is 2. The molecule has 1 aromatic rings. The molecule has 88 valence electrons. The van der Waals surface area contributed by atoms with Crippen LogP contribution in [-0.2, 0) is 4.74 Å². The molecule has 0 saturated heterocycles. The summed E-state index contributed by atoms with van der Waals surface area (Å²) in [6.45, 7) is 5.32. The second-order valence-electron chi connectivity index (χ2n) is 3.98. The van der Waals surface area contributed by atoms with E-state index in [0.29, 0.717) is 5.82 Å². The lowest BCUT2D eigenvalue weighted by atomic mass is 10.2. The Kier molecular flexibility index (Phi) is 3.89. The van der Waals surface area contributed by atoms with E-state index in [9.17, 15) is 4.79 Å². The predicted octanol–water partition coefficient (Wildman–Crippen LogP) is 1.98. The molecule has 1 amide bonds. The Hall–Kier alpha value is -1.56. The number of halogens is 1. The highest BCUT2D eigenvalue weighted by molar-refractivity contribution is 6.29. The average Bonchev–Trinajstić information content (AvgIpc) is 2.12. The van der Waals surface area contributed by atoms with Crippen LogP contribution < -0.4 is 10.9 Å². The lowest BCUT2D eigenvalue weighted by molar-refractivity contribution is 0.0541. The highest BCUT2D eigenvalue weighted by Crippen LogP contribution is 2.08. The number of hydrogen-bond acceptors (Lipinski definition) is 5. The number of hydrazine groups is 1. The zero-order valence-electron chi connectivity index (χ0n) is 9.24. The third-order valence-corrected chi connectivity index (χ3v) is 1.53. The topological polar surface area (TPSA) is 76.1 Å². The normalized spacial score (nSPS) is 10.8. The lowest BCUT2D eigenvalue weighted by Crippen LogP contribution is -2.36. The summed E-state index contributed by atoms with van der Waals surface area (Å²) in [6.07, 6.45) is 0.684. The molecule has 0 saturated carbocycles. The lowest BCUT2D eigenvalue weighted by Gasteiger charge is -2.19. The minimum Gasteiger partial charge on any atom is -0.443 e. The Morgan fingerprint density at radius 2 is 2.12 bits per heavy atom. The van der Waals surface area contributed by atoms with Gasteiger partial charge in [-0.1, -0.05) is 11.6 Å². The van der Waals surface area contributed by atoms with Gasteiger partial charge in [0.15, 0.2) is 0 Å². The monoisotopic (exact) mass is 244 g/mol. The molecule has 0 atom stereocenters. The Bertz CT molecular complexity index is 378. The third kappa shape index (κ3) is 4.79. The van der Waals surface area contributed by atoms with Gasteiger partial charge < -0.3 is 4.74 Å². The summed E-state index contributed by atoms with van der Waals surface area (Å²) in [5.74, 6) is 0.380. The van der Waals surface area contributed by atoms with Gasteiger partial charge in [-0.05, 0) is 20.8 Å². The predicted molar refractivity (Wildman–Crippen MR) is 60.0 cm³/mol. The van der Waals surface area contributed by atoms with E-state index in [-0.39, 0.29) is 5.15 Å². The van der Waals surface area contributed by atoms with E-state index in [4.69, 9.17) is 16.3 Å². The van der Waals surface area contributed by atoms with E-state index in [1.807, 2.05) is 0 Å². The van der Waals surface area contributed by atoms with Crippen LogP contribution in [0, 0.1) is 0 Å². The van der Waals surface area contributed by atoms with Crippen LogP contribution >= 0.6 is 11.6 Å². The molecule has 1 rings (SSSR count). The molecular formula is C9H13ClN4O2. The highest BCUT2D eigenvalue weighted by Gasteiger charge is 2.15. The number of ether oxygens (including phenoxy) is 1. The summed E-state index contributed by atoms with van der Waals surface area (Å²) >= 11 is 5.63. The van der Waals surface area contributed by atoms with Crippen molar-refractivity contribution in [3.05, 3.63) is 17.5 Å². The van der Waals surface area contributed by atoms with Gasteiger partial charge >= 0.3 is 6.09 Å². The summed E-state index contributed by atoms with van der Waals surface area (Å²) in [7, 11) is 0. The maximum Gasteiger partial charge on any atom is 0.426 e. The Morgan fingerprint density at radius 3 is 2.69 bits per heavy atom. The zero-order valence-corrected chi connectivity index (χ0v) is 10.00. The van der Waals surface area contributed by atoms with E-state index in [2.05, 4.69) is 20.8 Å². The van der Waals surface area contributed by atoms with Crippen molar-refractivity contribution in [1.82, 2.24) is 15.4 Å². The van der Waals surface area contributed by atoms with Crippen molar-refractivity contribution in [3.8, 4) is 0 Å². The summed E-state index contributed by atoms with van der Waals surface area (Å²) in [6, 6.07) is 1.47. The second-order valence-corrected chi connectivity index (χ2v) is 4.37. The molecule has 0 aliphatic heterocycles. The van der Waals surface area contributed by atoms with Gasteiger partial charge in [0.2, 0.25) is 0 Å². The van der Waals surface area contributed by atoms with Crippen molar-refractivity contribution in [1.29, 1.82) is 0 Å². The van der Waals surface area contributed by atoms with E-state index in [0.717, 1.165) is 0 Å². The van der Waals surface area contributed by atoms with Crippen molar-refractivity contribution in [2.45, 2.75) is 26.4 Å². The fourth-order valence-corrected chi connectivity index (χ4v) is 0.968. The van der Waals surface area contributed by atoms with Gasteiger partial charge in [-0.25, -0.2) is 20.2 Å². The number of rotatable bonds is 2. The number of amides is 1. The SMILES string of the molecule is CC(C)(C)OC(=O)NNc1cc(Cl)ncn1. The number of anilines is 1. The molecule has 0 radical (unpaired) electrons. The smallest absolute Gasteiger partial charge is 0.426 e. The maximum atomic E-state index is 11.2. The van der Waals surface area contributed by atoms with Crippen molar-refractivity contribution in [2.75, 3.05) is 5.43 Å². The number of carbonyl (C=O) groups excluding carboxylic acids is 1. The van der Waals surface area contributed by atoms with Crippen LogP contribution in [0.1, 0.15) is 20.8 Å². The molecule has 0 unspecified atom stereocenters. The van der Waals surface area contributed by atoms with E-state index in [1.54, 1.807) is 20.8 Å². The largest absolute Gasteiger partial charge is 0.443 e. The van der Waals surface area contributed by atoms with Crippen molar-refractivity contribution >= 4 is 23.5 Å². The molecule has 0 fully saturated rings. The summed E-state index contributed by atoms with van der Waals surface area (Å²) in [4.78, 5) is 18.8. The Balaban J connectivity index is 2.43. The third-order valence-electron chi connectivity index (χ3n) is 1.33. The van der Waals surface area contributed by atoms with Crippen LogP contribution in [0.5, 0.6) is 0 Å². The van der Waals surface area contributed by atoms with Crippen molar-refractivity contribution in [3.63, 3.8) is 0 Å². The molecule has 6 nitrogen and oxygen atoms in total.